The van der Waals surface area contributed by atoms with Gasteiger partial charge < -0.3 is 4.74 Å². The molecule has 2 aromatic heterocycles. The zero-order chi connectivity index (χ0) is 17.3. The number of aryl methyl sites for hydroxylation is 2. The van der Waals surface area contributed by atoms with Crippen LogP contribution in [0.15, 0.2) is 35.4 Å². The van der Waals surface area contributed by atoms with Crippen LogP contribution in [-0.2, 0) is 11.3 Å². The van der Waals surface area contributed by atoms with E-state index in [0.29, 0.717) is 33.8 Å². The van der Waals surface area contributed by atoms with Gasteiger partial charge in [0.05, 0.1) is 24.9 Å². The molecule has 5 nitrogen and oxygen atoms in total. The molecule has 1 aromatic carbocycles. The molecule has 0 spiro atoms. The largest absolute Gasteiger partial charge is 0.462 e. The van der Waals surface area contributed by atoms with E-state index in [4.69, 9.17) is 4.74 Å². The summed E-state index contributed by atoms with van der Waals surface area (Å²) in [6.07, 6.45) is 1.54. The number of hydrogen-bond acceptors (Lipinski definition) is 5. The molecular formula is C18H18N2O3S. The van der Waals surface area contributed by atoms with Crippen molar-refractivity contribution in [2.75, 3.05) is 6.61 Å². The molecule has 0 aliphatic carbocycles. The first-order chi connectivity index (χ1) is 11.5. The topological polar surface area (TPSA) is 61.2 Å². The molecule has 0 aliphatic rings. The van der Waals surface area contributed by atoms with Gasteiger partial charge in [0.1, 0.15) is 9.71 Å². The third-order valence-electron chi connectivity index (χ3n) is 3.98. The molecule has 0 unspecified atom stereocenters. The average Bonchev–Trinajstić information content (AvgIpc) is 2.90. The van der Waals surface area contributed by atoms with Crippen molar-refractivity contribution in [2.24, 2.45) is 0 Å². The van der Waals surface area contributed by atoms with Crippen molar-refractivity contribution in [1.29, 1.82) is 0 Å². The van der Waals surface area contributed by atoms with Crippen molar-refractivity contribution in [1.82, 2.24) is 9.55 Å². The van der Waals surface area contributed by atoms with Crippen LogP contribution < -0.4 is 5.56 Å². The van der Waals surface area contributed by atoms with E-state index >= 15 is 0 Å². The van der Waals surface area contributed by atoms with Crippen molar-refractivity contribution >= 4 is 27.5 Å². The van der Waals surface area contributed by atoms with E-state index in [2.05, 4.69) is 4.98 Å². The first-order valence-corrected chi connectivity index (χ1v) is 8.54. The van der Waals surface area contributed by atoms with E-state index in [9.17, 15) is 9.59 Å². The fourth-order valence-electron chi connectivity index (χ4n) is 2.63. The van der Waals surface area contributed by atoms with Gasteiger partial charge in [0.2, 0.25) is 0 Å². The third-order valence-corrected chi connectivity index (χ3v) is 5.16. The number of hydrogen-bond donors (Lipinski definition) is 0. The van der Waals surface area contributed by atoms with Crippen molar-refractivity contribution in [3.8, 4) is 0 Å². The predicted octanol–water partition coefficient (Wildman–Crippen LogP) is 3.30. The quantitative estimate of drug-likeness (QED) is 0.683. The maximum absolute atomic E-state index is 12.8. The minimum absolute atomic E-state index is 0.132. The lowest BCUT2D eigenvalue weighted by molar-refractivity contribution is 0.0531. The molecule has 0 bridgehead atoms. The van der Waals surface area contributed by atoms with Gasteiger partial charge in [0.15, 0.2) is 0 Å². The molecule has 124 valence electrons. The summed E-state index contributed by atoms with van der Waals surface area (Å²) in [6, 6.07) is 7.93. The number of carbonyl (C=O) groups excluding carboxylic acids is 1. The maximum atomic E-state index is 12.8. The zero-order valence-electron chi connectivity index (χ0n) is 13.8. The molecular weight excluding hydrogens is 324 g/mol. The van der Waals surface area contributed by atoms with Gasteiger partial charge in [-0.15, -0.1) is 11.3 Å². The second kappa shape index (κ2) is 6.57. The Bertz CT molecular complexity index is 972. The minimum atomic E-state index is -0.400. The highest BCUT2D eigenvalue weighted by atomic mass is 32.1. The first kappa shape index (κ1) is 16.4. The van der Waals surface area contributed by atoms with Gasteiger partial charge in [-0.05, 0) is 37.5 Å². The fraction of sp³-hybridized carbons (Fsp3) is 0.278. The summed E-state index contributed by atoms with van der Waals surface area (Å²) in [5.74, 6) is -0.400. The van der Waals surface area contributed by atoms with Gasteiger partial charge in [-0.1, -0.05) is 24.3 Å². The highest BCUT2D eigenvalue weighted by Gasteiger charge is 2.20. The van der Waals surface area contributed by atoms with Gasteiger partial charge in [-0.25, -0.2) is 9.78 Å². The summed E-state index contributed by atoms with van der Waals surface area (Å²) in [4.78, 5) is 30.2. The number of esters is 1. The smallest absolute Gasteiger partial charge is 0.348 e. The molecule has 0 radical (unpaired) electrons. The molecule has 0 aliphatic heterocycles. The van der Waals surface area contributed by atoms with Crippen LogP contribution in [0, 0.1) is 13.8 Å². The van der Waals surface area contributed by atoms with Crippen molar-refractivity contribution in [3.63, 3.8) is 0 Å². The highest BCUT2D eigenvalue weighted by Crippen LogP contribution is 2.27. The lowest BCUT2D eigenvalue weighted by Crippen LogP contribution is -2.21. The van der Waals surface area contributed by atoms with Crippen LogP contribution in [0.2, 0.25) is 0 Å². The summed E-state index contributed by atoms with van der Waals surface area (Å²) in [5, 5.41) is 0.499. The van der Waals surface area contributed by atoms with E-state index in [1.54, 1.807) is 24.7 Å². The van der Waals surface area contributed by atoms with E-state index in [0.717, 1.165) is 11.1 Å². The monoisotopic (exact) mass is 342 g/mol. The lowest BCUT2D eigenvalue weighted by atomic mass is 10.1. The van der Waals surface area contributed by atoms with E-state index in [1.807, 2.05) is 31.2 Å². The van der Waals surface area contributed by atoms with Crippen LogP contribution >= 0.6 is 11.3 Å². The molecule has 0 amide bonds. The molecule has 24 heavy (non-hydrogen) atoms. The molecule has 0 saturated heterocycles. The van der Waals surface area contributed by atoms with Crippen molar-refractivity contribution in [2.45, 2.75) is 27.3 Å². The second-order valence-electron chi connectivity index (χ2n) is 5.56. The van der Waals surface area contributed by atoms with Gasteiger partial charge in [-0.2, -0.15) is 0 Å². The summed E-state index contributed by atoms with van der Waals surface area (Å²) in [7, 11) is 0. The molecule has 0 atom stereocenters. The number of thiophene rings is 1. The van der Waals surface area contributed by atoms with Crippen LogP contribution in [0.25, 0.3) is 10.2 Å². The summed E-state index contributed by atoms with van der Waals surface area (Å²) < 4.78 is 6.64. The third kappa shape index (κ3) is 2.85. The summed E-state index contributed by atoms with van der Waals surface area (Å²) in [6.45, 7) is 6.30. The molecule has 0 saturated carbocycles. The molecule has 6 heteroatoms. The van der Waals surface area contributed by atoms with Gasteiger partial charge in [0.25, 0.3) is 5.56 Å². The Kier molecular flexibility index (Phi) is 4.49. The molecule has 0 fully saturated rings. The zero-order valence-corrected chi connectivity index (χ0v) is 14.6. The number of ether oxygens (including phenoxy) is 1. The van der Waals surface area contributed by atoms with Gasteiger partial charge >= 0.3 is 5.97 Å². The van der Waals surface area contributed by atoms with E-state index < -0.39 is 5.97 Å². The number of nitrogens with zero attached hydrogens (tertiary/aromatic N) is 2. The molecule has 3 aromatic rings. The number of benzene rings is 1. The van der Waals surface area contributed by atoms with Crippen molar-refractivity contribution in [3.05, 3.63) is 62.5 Å². The molecule has 2 heterocycles. The van der Waals surface area contributed by atoms with E-state index in [-0.39, 0.29) is 5.56 Å². The van der Waals surface area contributed by atoms with Gasteiger partial charge in [-0.3, -0.25) is 9.36 Å². The Hall–Kier alpha value is -2.47. The first-order valence-electron chi connectivity index (χ1n) is 7.73. The highest BCUT2D eigenvalue weighted by molar-refractivity contribution is 7.20. The second-order valence-corrected chi connectivity index (χ2v) is 6.56. The average molecular weight is 342 g/mol. The van der Waals surface area contributed by atoms with E-state index in [1.165, 1.54) is 11.3 Å². The normalized spacial score (nSPS) is 11.0. The van der Waals surface area contributed by atoms with Crippen LogP contribution in [0.1, 0.15) is 33.3 Å². The number of rotatable bonds is 4. The Morgan fingerprint density at radius 3 is 2.75 bits per heavy atom. The fourth-order valence-corrected chi connectivity index (χ4v) is 3.67. The summed E-state index contributed by atoms with van der Waals surface area (Å²) >= 11 is 1.21. The van der Waals surface area contributed by atoms with Gasteiger partial charge in [0, 0.05) is 0 Å². The Balaban J connectivity index is 2.08. The predicted molar refractivity (Wildman–Crippen MR) is 94.9 cm³/mol. The lowest BCUT2D eigenvalue weighted by Gasteiger charge is -2.08. The van der Waals surface area contributed by atoms with Crippen LogP contribution in [0.4, 0.5) is 0 Å². The Morgan fingerprint density at radius 2 is 2.04 bits per heavy atom. The number of aromatic nitrogens is 2. The Morgan fingerprint density at radius 1 is 1.29 bits per heavy atom. The van der Waals surface area contributed by atoms with Crippen molar-refractivity contribution < 1.29 is 9.53 Å². The summed E-state index contributed by atoms with van der Waals surface area (Å²) in [5.41, 5.74) is 2.70. The van der Waals surface area contributed by atoms with Crippen LogP contribution in [-0.4, -0.2) is 22.1 Å². The Labute approximate surface area is 143 Å². The SMILES string of the molecule is CCOC(=O)c1sc2ncn(Cc3ccccc3C)c(=O)c2c1C. The van der Waals surface area contributed by atoms with Crippen LogP contribution in [0.5, 0.6) is 0 Å². The number of carbonyl (C=O) groups is 1. The van der Waals surface area contributed by atoms with Crippen LogP contribution in [0.3, 0.4) is 0 Å². The molecule has 0 N–H and O–H groups in total. The maximum Gasteiger partial charge on any atom is 0.348 e. The number of fused-ring (bicyclic) bond motifs is 1. The molecule has 3 rings (SSSR count). The minimum Gasteiger partial charge on any atom is -0.462 e. The standard InChI is InChI=1S/C18H18N2O3S/c1-4-23-18(22)15-12(3)14-16(24-15)19-10-20(17(14)21)9-13-8-6-5-7-11(13)2/h5-8,10H,4,9H2,1-3H3.